The Kier molecular flexibility index (Phi) is 5.19. The van der Waals surface area contributed by atoms with Crippen molar-refractivity contribution < 1.29 is 27.8 Å². The predicted octanol–water partition coefficient (Wildman–Crippen LogP) is 3.37. The number of methoxy groups -OCH3 is 1. The minimum atomic E-state index is -1.10. The number of halogens is 2. The maximum Gasteiger partial charge on any atom is 0.337 e. The van der Waals surface area contributed by atoms with Crippen LogP contribution in [0.1, 0.15) is 15.9 Å². The monoisotopic (exact) mass is 318 g/mol. The van der Waals surface area contributed by atoms with Crippen molar-refractivity contribution in [2.75, 3.05) is 7.11 Å². The fraction of sp³-hybridized carbons (Fsp3) is 0.0588. The van der Waals surface area contributed by atoms with E-state index in [9.17, 15) is 18.4 Å². The van der Waals surface area contributed by atoms with Gasteiger partial charge in [-0.2, -0.15) is 0 Å². The Hall–Kier alpha value is -3.02. The molecular weight excluding hydrogens is 306 g/mol. The van der Waals surface area contributed by atoms with Crippen molar-refractivity contribution >= 4 is 18.0 Å². The number of hydrogen-bond donors (Lipinski definition) is 0. The third kappa shape index (κ3) is 4.47. The number of carbonyl (C=O) groups is 2. The summed E-state index contributed by atoms with van der Waals surface area (Å²) in [6.45, 7) is 0. The topological polar surface area (TPSA) is 52.6 Å². The Labute approximate surface area is 131 Å². The van der Waals surface area contributed by atoms with Crippen molar-refractivity contribution in [1.29, 1.82) is 0 Å². The van der Waals surface area contributed by atoms with Crippen molar-refractivity contribution in [3.05, 3.63) is 71.3 Å². The molecule has 6 heteroatoms. The lowest BCUT2D eigenvalue weighted by Crippen LogP contribution is -2.04. The van der Waals surface area contributed by atoms with Gasteiger partial charge in [-0.25, -0.2) is 18.4 Å². The number of ether oxygens (including phenoxy) is 2. The second kappa shape index (κ2) is 7.31. The van der Waals surface area contributed by atoms with Gasteiger partial charge in [0.2, 0.25) is 0 Å². The van der Waals surface area contributed by atoms with Gasteiger partial charge in [0, 0.05) is 12.1 Å². The van der Waals surface area contributed by atoms with E-state index in [-0.39, 0.29) is 5.75 Å². The minimum Gasteiger partial charge on any atom is -0.465 e. The normalized spacial score (nSPS) is 10.6. The molecule has 0 N–H and O–H groups in total. The molecule has 0 aliphatic heterocycles. The first kappa shape index (κ1) is 16.4. The molecule has 2 rings (SSSR count). The summed E-state index contributed by atoms with van der Waals surface area (Å²) in [4.78, 5) is 22.9. The fourth-order valence-electron chi connectivity index (χ4n) is 1.70. The second-order valence-corrected chi connectivity index (χ2v) is 4.44. The molecule has 0 saturated carbocycles. The van der Waals surface area contributed by atoms with E-state index in [1.807, 2.05) is 0 Å². The molecule has 0 heterocycles. The van der Waals surface area contributed by atoms with E-state index in [1.165, 1.54) is 13.2 Å². The molecule has 0 spiro atoms. The van der Waals surface area contributed by atoms with Gasteiger partial charge in [-0.1, -0.05) is 12.1 Å². The Balaban J connectivity index is 2.00. The van der Waals surface area contributed by atoms with Crippen LogP contribution in [-0.4, -0.2) is 19.0 Å². The average molecular weight is 318 g/mol. The van der Waals surface area contributed by atoms with Gasteiger partial charge in [0.05, 0.1) is 12.7 Å². The summed E-state index contributed by atoms with van der Waals surface area (Å²) in [5, 5.41) is 0. The second-order valence-electron chi connectivity index (χ2n) is 4.44. The highest BCUT2D eigenvalue weighted by Gasteiger charge is 2.06. The fourth-order valence-corrected chi connectivity index (χ4v) is 1.70. The first-order chi connectivity index (χ1) is 11.0. The molecule has 4 nitrogen and oxygen atoms in total. The Morgan fingerprint density at radius 3 is 2.30 bits per heavy atom. The van der Waals surface area contributed by atoms with Crippen LogP contribution in [0.3, 0.4) is 0 Å². The van der Waals surface area contributed by atoms with Gasteiger partial charge in [0.1, 0.15) is 5.75 Å². The molecule has 0 atom stereocenters. The average Bonchev–Trinajstić information content (AvgIpc) is 2.56. The minimum absolute atomic E-state index is 0.0976. The van der Waals surface area contributed by atoms with E-state index in [0.29, 0.717) is 11.1 Å². The molecule has 0 radical (unpaired) electrons. The van der Waals surface area contributed by atoms with Gasteiger partial charge in [-0.05, 0) is 35.9 Å². The van der Waals surface area contributed by atoms with Gasteiger partial charge in [-0.15, -0.1) is 0 Å². The summed E-state index contributed by atoms with van der Waals surface area (Å²) in [5.41, 5.74) is 1.04. The molecule has 0 unspecified atom stereocenters. The van der Waals surface area contributed by atoms with Crippen LogP contribution >= 0.6 is 0 Å². The van der Waals surface area contributed by atoms with Crippen LogP contribution in [0, 0.1) is 11.6 Å². The number of hydrogen-bond acceptors (Lipinski definition) is 4. The number of esters is 2. The van der Waals surface area contributed by atoms with Crippen molar-refractivity contribution in [3.63, 3.8) is 0 Å². The molecule has 0 fully saturated rings. The molecule has 2 aromatic carbocycles. The zero-order chi connectivity index (χ0) is 16.8. The van der Waals surface area contributed by atoms with Gasteiger partial charge in [0.15, 0.2) is 11.6 Å². The van der Waals surface area contributed by atoms with Crippen LogP contribution in [0.15, 0.2) is 48.5 Å². The lowest BCUT2D eigenvalue weighted by molar-refractivity contribution is -0.128. The van der Waals surface area contributed by atoms with Crippen LogP contribution in [0.2, 0.25) is 0 Å². The first-order valence-electron chi connectivity index (χ1n) is 6.53. The molecular formula is C17H12F2O4. The third-order valence-electron chi connectivity index (χ3n) is 2.85. The highest BCUT2D eigenvalue weighted by atomic mass is 19.2. The molecule has 0 bridgehead atoms. The summed E-state index contributed by atoms with van der Waals surface area (Å²) in [5.74, 6) is -3.42. The molecule has 0 aliphatic carbocycles. The number of rotatable bonds is 4. The maximum atomic E-state index is 13.0. The number of benzene rings is 2. The smallest absolute Gasteiger partial charge is 0.337 e. The van der Waals surface area contributed by atoms with Gasteiger partial charge >= 0.3 is 11.9 Å². The van der Waals surface area contributed by atoms with Crippen LogP contribution in [0.5, 0.6) is 5.75 Å². The highest BCUT2D eigenvalue weighted by Crippen LogP contribution is 2.16. The molecule has 2 aromatic rings. The van der Waals surface area contributed by atoms with E-state index < -0.39 is 23.6 Å². The Morgan fingerprint density at radius 1 is 1.00 bits per heavy atom. The van der Waals surface area contributed by atoms with Crippen LogP contribution < -0.4 is 4.74 Å². The van der Waals surface area contributed by atoms with Gasteiger partial charge < -0.3 is 9.47 Å². The van der Waals surface area contributed by atoms with Crippen molar-refractivity contribution in [2.45, 2.75) is 0 Å². The van der Waals surface area contributed by atoms with E-state index in [4.69, 9.17) is 4.74 Å². The van der Waals surface area contributed by atoms with Crippen LogP contribution in [0.25, 0.3) is 6.08 Å². The van der Waals surface area contributed by atoms with Crippen molar-refractivity contribution in [1.82, 2.24) is 0 Å². The van der Waals surface area contributed by atoms with E-state index in [0.717, 1.165) is 24.3 Å². The van der Waals surface area contributed by atoms with Crippen LogP contribution in [-0.2, 0) is 9.53 Å². The highest BCUT2D eigenvalue weighted by molar-refractivity contribution is 5.90. The maximum absolute atomic E-state index is 13.0. The molecule has 0 aliphatic rings. The van der Waals surface area contributed by atoms with E-state index in [2.05, 4.69) is 4.74 Å². The largest absolute Gasteiger partial charge is 0.465 e. The predicted molar refractivity (Wildman–Crippen MR) is 78.8 cm³/mol. The Morgan fingerprint density at radius 2 is 1.70 bits per heavy atom. The lowest BCUT2D eigenvalue weighted by Gasteiger charge is -2.02. The lowest BCUT2D eigenvalue weighted by atomic mass is 10.1. The van der Waals surface area contributed by atoms with E-state index >= 15 is 0 Å². The quantitative estimate of drug-likeness (QED) is 0.493. The number of carbonyl (C=O) groups excluding carboxylic acids is 2. The summed E-state index contributed by atoms with van der Waals surface area (Å²) in [6, 6.07) is 9.13. The van der Waals surface area contributed by atoms with Gasteiger partial charge in [0.25, 0.3) is 0 Å². The SMILES string of the molecule is COC(=O)c1ccc(/C=C/C(=O)Oc2ccc(F)c(F)c2)cc1. The van der Waals surface area contributed by atoms with E-state index in [1.54, 1.807) is 24.3 Å². The zero-order valence-electron chi connectivity index (χ0n) is 12.1. The molecule has 0 amide bonds. The molecule has 0 aromatic heterocycles. The molecule has 0 saturated heterocycles. The van der Waals surface area contributed by atoms with Crippen molar-refractivity contribution in [3.8, 4) is 5.75 Å². The summed E-state index contributed by atoms with van der Waals surface area (Å²) in [7, 11) is 1.28. The Bertz CT molecular complexity index is 752. The van der Waals surface area contributed by atoms with Crippen LogP contribution in [0.4, 0.5) is 8.78 Å². The third-order valence-corrected chi connectivity index (χ3v) is 2.85. The summed E-state index contributed by atoms with van der Waals surface area (Å²) in [6.07, 6.45) is 2.59. The first-order valence-corrected chi connectivity index (χ1v) is 6.53. The summed E-state index contributed by atoms with van der Waals surface area (Å²) < 4.78 is 35.2. The summed E-state index contributed by atoms with van der Waals surface area (Å²) >= 11 is 0. The van der Waals surface area contributed by atoms with Crippen molar-refractivity contribution in [2.24, 2.45) is 0 Å². The zero-order valence-corrected chi connectivity index (χ0v) is 12.1. The van der Waals surface area contributed by atoms with Gasteiger partial charge in [-0.3, -0.25) is 0 Å². The molecule has 118 valence electrons. The molecule has 23 heavy (non-hydrogen) atoms. The standard InChI is InChI=1S/C17H12F2O4/c1-22-17(21)12-5-2-11(3-6-12)4-9-16(20)23-13-7-8-14(18)15(19)10-13/h2-10H,1H3/b9-4+.